The maximum Gasteiger partial charge on any atom is 0.266 e. The summed E-state index contributed by atoms with van der Waals surface area (Å²) >= 11 is 6.64. The minimum absolute atomic E-state index is 0.110. The summed E-state index contributed by atoms with van der Waals surface area (Å²) in [5, 5.41) is 3.35. The molecule has 0 spiro atoms. The molecular formula is C27H36Br2N6O4S. The zero-order chi connectivity index (χ0) is 29.1. The third-order valence-corrected chi connectivity index (χ3v) is 8.20. The van der Waals surface area contributed by atoms with Crippen molar-refractivity contribution in [3.8, 4) is 0 Å². The van der Waals surface area contributed by atoms with E-state index in [-0.39, 0.29) is 23.9 Å². The van der Waals surface area contributed by atoms with Crippen molar-refractivity contribution in [1.29, 1.82) is 0 Å². The van der Waals surface area contributed by atoms with Crippen molar-refractivity contribution in [2.24, 2.45) is 10.1 Å². The van der Waals surface area contributed by atoms with Gasteiger partial charge < -0.3 is 16.0 Å². The summed E-state index contributed by atoms with van der Waals surface area (Å²) in [5.74, 6) is -0.692. The molecule has 2 amide bonds. The van der Waals surface area contributed by atoms with Gasteiger partial charge >= 0.3 is 0 Å². The third kappa shape index (κ3) is 11.3. The Bertz CT molecular complexity index is 1280. The SMILES string of the molecule is CS(=O)(=O)N=CC(=O)N(Cc1cccc(Br)n1)C1CCCC1.NC(=O)[C@H](Cc1cccc(Br)n1)NC1CCCC1. The lowest BCUT2D eigenvalue weighted by atomic mass is 10.1. The highest BCUT2D eigenvalue weighted by Gasteiger charge is 2.27. The molecule has 0 radical (unpaired) electrons. The number of hydrogen-bond donors (Lipinski definition) is 2. The van der Waals surface area contributed by atoms with Gasteiger partial charge in [0.25, 0.3) is 5.91 Å². The van der Waals surface area contributed by atoms with Gasteiger partial charge in [0, 0.05) is 24.2 Å². The molecule has 2 heterocycles. The van der Waals surface area contributed by atoms with Crippen LogP contribution in [-0.4, -0.2) is 65.7 Å². The number of sulfonamides is 1. The van der Waals surface area contributed by atoms with E-state index in [2.05, 4.69) is 51.5 Å². The standard InChI is InChI=1S/C14H18BrN3O3S.C13H18BrN3O/c1-22(20,21)16-9-14(19)18(12-6-2-3-7-12)10-11-5-4-8-13(15)17-11;14-12-7-3-6-10(17-12)8-11(13(15)18)16-9-4-1-2-5-9/h4-5,8-9,12H,2-3,6-7,10H2,1H3;3,6-7,9,11,16H,1-2,4-5,8H2,(H2,15,18)/t;11-/m.0/s1. The Morgan fingerprint density at radius 1 is 1.02 bits per heavy atom. The van der Waals surface area contributed by atoms with E-state index in [9.17, 15) is 18.0 Å². The molecule has 2 aliphatic rings. The van der Waals surface area contributed by atoms with Gasteiger partial charge in [0.2, 0.25) is 15.9 Å². The van der Waals surface area contributed by atoms with Crippen LogP contribution in [0.4, 0.5) is 0 Å². The summed E-state index contributed by atoms with van der Waals surface area (Å²) in [5.41, 5.74) is 7.09. The van der Waals surface area contributed by atoms with E-state index in [1.807, 2.05) is 36.4 Å². The van der Waals surface area contributed by atoms with Gasteiger partial charge in [0.15, 0.2) is 0 Å². The van der Waals surface area contributed by atoms with Crippen molar-refractivity contribution in [3.05, 3.63) is 57.0 Å². The first-order valence-electron chi connectivity index (χ1n) is 13.3. The minimum Gasteiger partial charge on any atom is -0.368 e. The highest BCUT2D eigenvalue weighted by atomic mass is 79.9. The average molecular weight is 700 g/mol. The molecule has 1 atom stereocenters. The third-order valence-electron chi connectivity index (χ3n) is 6.83. The molecule has 2 aromatic heterocycles. The lowest BCUT2D eigenvalue weighted by Gasteiger charge is -2.27. The van der Waals surface area contributed by atoms with Gasteiger partial charge in [-0.1, -0.05) is 37.8 Å². The normalized spacial score (nSPS) is 17.0. The molecule has 0 saturated heterocycles. The summed E-state index contributed by atoms with van der Waals surface area (Å²) in [6.07, 6.45) is 11.1. The van der Waals surface area contributed by atoms with Crippen molar-refractivity contribution >= 4 is 59.9 Å². The van der Waals surface area contributed by atoms with Crippen LogP contribution in [0.3, 0.4) is 0 Å². The van der Waals surface area contributed by atoms with Crippen LogP contribution in [0.2, 0.25) is 0 Å². The van der Waals surface area contributed by atoms with Gasteiger partial charge in [-0.15, -0.1) is 0 Å². The van der Waals surface area contributed by atoms with Crippen LogP contribution in [0.1, 0.15) is 62.8 Å². The maximum absolute atomic E-state index is 12.3. The number of nitrogens with zero attached hydrogens (tertiary/aromatic N) is 4. The molecule has 40 heavy (non-hydrogen) atoms. The minimum atomic E-state index is -3.56. The van der Waals surface area contributed by atoms with Crippen molar-refractivity contribution in [2.75, 3.05) is 6.26 Å². The van der Waals surface area contributed by atoms with Crippen LogP contribution in [0.25, 0.3) is 0 Å². The monoisotopic (exact) mass is 698 g/mol. The smallest absolute Gasteiger partial charge is 0.266 e. The van der Waals surface area contributed by atoms with Crippen LogP contribution in [0.5, 0.6) is 0 Å². The molecule has 2 aliphatic carbocycles. The Labute approximate surface area is 252 Å². The van der Waals surface area contributed by atoms with Gasteiger partial charge in [-0.25, -0.2) is 18.4 Å². The van der Waals surface area contributed by atoms with E-state index < -0.39 is 10.0 Å². The van der Waals surface area contributed by atoms with E-state index >= 15 is 0 Å². The van der Waals surface area contributed by atoms with Gasteiger partial charge in [0.05, 0.1) is 24.5 Å². The van der Waals surface area contributed by atoms with Crippen LogP contribution in [-0.2, 0) is 32.6 Å². The lowest BCUT2D eigenvalue weighted by molar-refractivity contribution is -0.126. The molecule has 0 aromatic carbocycles. The van der Waals surface area contributed by atoms with Crippen LogP contribution >= 0.6 is 31.9 Å². The Balaban J connectivity index is 0.000000225. The largest absolute Gasteiger partial charge is 0.368 e. The number of pyridine rings is 2. The van der Waals surface area contributed by atoms with E-state index in [4.69, 9.17) is 5.73 Å². The molecule has 13 heteroatoms. The molecule has 2 fully saturated rings. The van der Waals surface area contributed by atoms with Gasteiger partial charge in [0.1, 0.15) is 15.4 Å². The topological polar surface area (TPSA) is 148 Å². The van der Waals surface area contributed by atoms with Crippen molar-refractivity contribution in [1.82, 2.24) is 20.2 Å². The molecule has 0 unspecified atom stereocenters. The number of aromatic nitrogens is 2. The highest BCUT2D eigenvalue weighted by Crippen LogP contribution is 2.25. The van der Waals surface area contributed by atoms with E-state index in [1.54, 1.807) is 4.90 Å². The first kappa shape index (κ1) is 32.3. The summed E-state index contributed by atoms with van der Waals surface area (Å²) < 4.78 is 27.0. The van der Waals surface area contributed by atoms with E-state index in [0.29, 0.717) is 23.6 Å². The molecule has 0 aliphatic heterocycles. The summed E-state index contributed by atoms with van der Waals surface area (Å²) in [6.45, 7) is 0.346. The number of amides is 2. The van der Waals surface area contributed by atoms with Crippen molar-refractivity contribution < 1.29 is 18.0 Å². The van der Waals surface area contributed by atoms with Gasteiger partial charge in [-0.05, 0) is 81.8 Å². The molecule has 3 N–H and O–H groups in total. The molecule has 218 valence electrons. The number of hydrogen-bond acceptors (Lipinski definition) is 7. The Kier molecular flexibility index (Phi) is 12.7. The Hall–Kier alpha value is -2.22. The second kappa shape index (κ2) is 15.7. The number of carbonyl (C=O) groups excluding carboxylic acids is 2. The predicted molar refractivity (Wildman–Crippen MR) is 162 cm³/mol. The van der Waals surface area contributed by atoms with E-state index in [0.717, 1.165) is 67.0 Å². The number of primary amides is 1. The molecule has 2 saturated carbocycles. The van der Waals surface area contributed by atoms with Crippen molar-refractivity contribution in [3.63, 3.8) is 0 Å². The highest BCUT2D eigenvalue weighted by molar-refractivity contribution is 9.10. The average Bonchev–Trinajstić information content (AvgIpc) is 3.60. The summed E-state index contributed by atoms with van der Waals surface area (Å²) in [7, 11) is -3.56. The maximum atomic E-state index is 12.3. The Morgan fingerprint density at radius 3 is 2.12 bits per heavy atom. The number of nitrogens with two attached hydrogens (primary N) is 1. The number of halogens is 2. The van der Waals surface area contributed by atoms with Crippen molar-refractivity contribution in [2.45, 2.75) is 82.5 Å². The quantitative estimate of drug-likeness (QED) is 0.282. The number of rotatable bonds is 10. The number of carbonyl (C=O) groups is 2. The fraction of sp³-hybridized carbons (Fsp3) is 0.519. The van der Waals surface area contributed by atoms with Gasteiger partial charge in [-0.3, -0.25) is 9.59 Å². The fourth-order valence-electron chi connectivity index (χ4n) is 4.92. The van der Waals surface area contributed by atoms with E-state index in [1.165, 1.54) is 12.8 Å². The molecule has 2 aromatic rings. The van der Waals surface area contributed by atoms with Crippen LogP contribution in [0.15, 0.2) is 50.0 Å². The zero-order valence-corrected chi connectivity index (χ0v) is 26.5. The zero-order valence-electron chi connectivity index (χ0n) is 22.5. The molecule has 10 nitrogen and oxygen atoms in total. The molecular weight excluding hydrogens is 664 g/mol. The van der Waals surface area contributed by atoms with Crippen LogP contribution in [0, 0.1) is 0 Å². The molecule has 0 bridgehead atoms. The number of nitrogens with one attached hydrogen (secondary N) is 1. The Morgan fingerprint density at radius 2 is 1.57 bits per heavy atom. The first-order chi connectivity index (χ1) is 19.0. The second-order valence-corrected chi connectivity index (χ2v) is 13.4. The molecule has 4 rings (SSSR count). The lowest BCUT2D eigenvalue weighted by Crippen LogP contribution is -2.47. The summed E-state index contributed by atoms with van der Waals surface area (Å²) in [4.78, 5) is 34.2. The second-order valence-electron chi connectivity index (χ2n) is 10.1. The van der Waals surface area contributed by atoms with Crippen LogP contribution < -0.4 is 11.1 Å². The predicted octanol–water partition coefficient (Wildman–Crippen LogP) is 3.92. The first-order valence-corrected chi connectivity index (χ1v) is 16.8. The van der Waals surface area contributed by atoms with Gasteiger partial charge in [-0.2, -0.15) is 4.40 Å². The summed E-state index contributed by atoms with van der Waals surface area (Å²) in [6, 6.07) is 11.4. The fourth-order valence-corrected chi connectivity index (χ4v) is 5.96.